The van der Waals surface area contributed by atoms with Gasteiger partial charge in [0.25, 0.3) is 0 Å². The van der Waals surface area contributed by atoms with Crippen LogP contribution in [0.25, 0.3) is 11.6 Å². The molecule has 2 aromatic carbocycles. The lowest BCUT2D eigenvalue weighted by Crippen LogP contribution is -2.10. The Kier molecular flexibility index (Phi) is 5.96. The fourth-order valence-corrected chi connectivity index (χ4v) is 2.20. The number of nitrogens with two attached hydrogens (primary N) is 1. The number of primary amides is 1. The molecule has 2 aromatic rings. The van der Waals surface area contributed by atoms with Gasteiger partial charge in [-0.25, -0.2) is 0 Å². The Morgan fingerprint density at radius 3 is 2.08 bits per heavy atom. The fourth-order valence-electron chi connectivity index (χ4n) is 2.20. The van der Waals surface area contributed by atoms with Gasteiger partial charge in [-0.15, -0.1) is 0 Å². The molecule has 0 aliphatic heterocycles. The van der Waals surface area contributed by atoms with E-state index in [0.29, 0.717) is 12.2 Å². The zero-order valence-electron chi connectivity index (χ0n) is 14.4. The molecule has 124 valence electrons. The van der Waals surface area contributed by atoms with Gasteiger partial charge in [0.05, 0.1) is 0 Å². The van der Waals surface area contributed by atoms with Crippen LogP contribution in [0.2, 0.25) is 0 Å². The average molecular weight is 321 g/mol. The quantitative estimate of drug-likeness (QED) is 0.620. The minimum atomic E-state index is -0.411. The number of hydrogen-bond acceptors (Lipinski definition) is 2. The van der Waals surface area contributed by atoms with Crippen LogP contribution < -0.4 is 10.5 Å². The SMILES string of the molecule is CC(C)=CCOc1ccc(C(C)=Cc2ccc(C(N)=O)cc2)cc1. The third-order valence-corrected chi connectivity index (χ3v) is 3.63. The second-order valence-corrected chi connectivity index (χ2v) is 5.93. The second kappa shape index (κ2) is 8.16. The number of carbonyl (C=O) groups is 1. The van der Waals surface area contributed by atoms with Gasteiger partial charge < -0.3 is 10.5 Å². The molecule has 3 heteroatoms. The van der Waals surface area contributed by atoms with Gasteiger partial charge in [0.2, 0.25) is 5.91 Å². The Labute approximate surface area is 143 Å². The van der Waals surface area contributed by atoms with E-state index < -0.39 is 5.91 Å². The van der Waals surface area contributed by atoms with Gasteiger partial charge in [-0.05, 0) is 67.8 Å². The zero-order chi connectivity index (χ0) is 17.5. The number of hydrogen-bond donors (Lipinski definition) is 1. The van der Waals surface area contributed by atoms with Gasteiger partial charge in [0.15, 0.2) is 0 Å². The summed E-state index contributed by atoms with van der Waals surface area (Å²) in [4.78, 5) is 11.1. The first-order valence-corrected chi connectivity index (χ1v) is 7.90. The van der Waals surface area contributed by atoms with Crippen LogP contribution in [0.5, 0.6) is 5.75 Å². The molecule has 0 aliphatic carbocycles. The van der Waals surface area contributed by atoms with Gasteiger partial charge in [-0.3, -0.25) is 4.79 Å². The third-order valence-electron chi connectivity index (χ3n) is 3.63. The van der Waals surface area contributed by atoms with E-state index in [2.05, 4.69) is 32.9 Å². The molecule has 0 fully saturated rings. The number of amides is 1. The molecule has 3 nitrogen and oxygen atoms in total. The first kappa shape index (κ1) is 17.5. The lowest BCUT2D eigenvalue weighted by atomic mass is 10.0. The van der Waals surface area contributed by atoms with Crippen LogP contribution in [0.15, 0.2) is 60.2 Å². The Morgan fingerprint density at radius 1 is 0.958 bits per heavy atom. The summed E-state index contributed by atoms with van der Waals surface area (Å²) < 4.78 is 5.67. The molecule has 2 rings (SSSR count). The summed E-state index contributed by atoms with van der Waals surface area (Å²) in [6, 6.07) is 15.3. The molecule has 1 amide bonds. The lowest BCUT2D eigenvalue weighted by Gasteiger charge is -2.06. The summed E-state index contributed by atoms with van der Waals surface area (Å²) in [5.41, 5.74) is 10.3. The minimum Gasteiger partial charge on any atom is -0.490 e. The predicted molar refractivity (Wildman–Crippen MR) is 99.9 cm³/mol. The number of ether oxygens (including phenoxy) is 1. The van der Waals surface area contributed by atoms with Gasteiger partial charge in [0, 0.05) is 5.56 Å². The van der Waals surface area contributed by atoms with Crippen molar-refractivity contribution in [3.8, 4) is 5.75 Å². The minimum absolute atomic E-state index is 0.411. The van der Waals surface area contributed by atoms with E-state index >= 15 is 0 Å². The summed E-state index contributed by atoms with van der Waals surface area (Å²) >= 11 is 0. The summed E-state index contributed by atoms with van der Waals surface area (Å²) in [5.74, 6) is 0.445. The molecule has 0 aromatic heterocycles. The molecule has 0 spiro atoms. The van der Waals surface area contributed by atoms with E-state index in [4.69, 9.17) is 10.5 Å². The van der Waals surface area contributed by atoms with Crippen LogP contribution in [0.1, 0.15) is 42.3 Å². The van der Waals surface area contributed by atoms with Gasteiger partial charge >= 0.3 is 0 Å². The monoisotopic (exact) mass is 321 g/mol. The van der Waals surface area contributed by atoms with E-state index in [1.807, 2.05) is 36.4 Å². The highest BCUT2D eigenvalue weighted by Gasteiger charge is 2.01. The van der Waals surface area contributed by atoms with E-state index in [-0.39, 0.29) is 0 Å². The van der Waals surface area contributed by atoms with Crippen molar-refractivity contribution in [3.05, 3.63) is 76.9 Å². The van der Waals surface area contributed by atoms with E-state index in [1.54, 1.807) is 12.1 Å². The van der Waals surface area contributed by atoms with Crippen LogP contribution in [-0.4, -0.2) is 12.5 Å². The maximum atomic E-state index is 11.1. The van der Waals surface area contributed by atoms with Crippen molar-refractivity contribution < 1.29 is 9.53 Å². The standard InChI is InChI=1S/C21H23NO2/c1-15(2)12-13-24-20-10-8-18(9-11-20)16(3)14-17-4-6-19(7-5-17)21(22)23/h4-12,14H,13H2,1-3H3,(H2,22,23). The zero-order valence-corrected chi connectivity index (χ0v) is 14.4. The van der Waals surface area contributed by atoms with E-state index in [0.717, 1.165) is 22.4 Å². The van der Waals surface area contributed by atoms with Crippen molar-refractivity contribution in [1.29, 1.82) is 0 Å². The largest absolute Gasteiger partial charge is 0.490 e. The van der Waals surface area contributed by atoms with Crippen molar-refractivity contribution in [2.45, 2.75) is 20.8 Å². The molecule has 2 N–H and O–H groups in total. The van der Waals surface area contributed by atoms with E-state index in [9.17, 15) is 4.79 Å². The van der Waals surface area contributed by atoms with Gasteiger partial charge in [-0.1, -0.05) is 35.9 Å². The summed E-state index contributed by atoms with van der Waals surface area (Å²) in [6.07, 6.45) is 4.12. The number of benzene rings is 2. The maximum absolute atomic E-state index is 11.1. The first-order valence-electron chi connectivity index (χ1n) is 7.90. The topological polar surface area (TPSA) is 52.3 Å². The maximum Gasteiger partial charge on any atom is 0.248 e. The van der Waals surface area contributed by atoms with Crippen molar-refractivity contribution in [2.75, 3.05) is 6.61 Å². The first-order chi connectivity index (χ1) is 11.5. The molecule has 0 atom stereocenters. The highest BCUT2D eigenvalue weighted by molar-refractivity contribution is 5.93. The Balaban J connectivity index is 2.07. The molecular weight excluding hydrogens is 298 g/mol. The van der Waals surface area contributed by atoms with Crippen molar-refractivity contribution in [1.82, 2.24) is 0 Å². The number of allylic oxidation sites excluding steroid dienone is 2. The van der Waals surface area contributed by atoms with Crippen LogP contribution in [0.4, 0.5) is 0 Å². The van der Waals surface area contributed by atoms with Crippen LogP contribution in [0.3, 0.4) is 0 Å². The lowest BCUT2D eigenvalue weighted by molar-refractivity contribution is 0.100. The Bertz CT molecular complexity index is 749. The van der Waals surface area contributed by atoms with Gasteiger partial charge in [-0.2, -0.15) is 0 Å². The molecular formula is C21H23NO2. The highest BCUT2D eigenvalue weighted by Crippen LogP contribution is 2.21. The predicted octanol–water partition coefficient (Wildman–Crippen LogP) is 4.69. The third kappa shape index (κ3) is 5.13. The van der Waals surface area contributed by atoms with Crippen LogP contribution in [0, 0.1) is 0 Å². The van der Waals surface area contributed by atoms with Crippen LogP contribution >= 0.6 is 0 Å². The molecule has 24 heavy (non-hydrogen) atoms. The van der Waals surface area contributed by atoms with Crippen LogP contribution in [-0.2, 0) is 0 Å². The molecule has 0 unspecified atom stereocenters. The normalized spacial score (nSPS) is 11.0. The van der Waals surface area contributed by atoms with Gasteiger partial charge in [0.1, 0.15) is 12.4 Å². The fraction of sp³-hybridized carbons (Fsp3) is 0.190. The molecule has 0 radical (unpaired) electrons. The number of carbonyl (C=O) groups excluding carboxylic acids is 1. The number of rotatable bonds is 6. The molecule has 0 saturated heterocycles. The van der Waals surface area contributed by atoms with E-state index in [1.165, 1.54) is 5.57 Å². The molecule has 0 aliphatic rings. The average Bonchev–Trinajstić information content (AvgIpc) is 2.55. The molecule has 0 heterocycles. The summed E-state index contributed by atoms with van der Waals surface area (Å²) in [7, 11) is 0. The Morgan fingerprint density at radius 2 is 1.54 bits per heavy atom. The van der Waals surface area contributed by atoms with Crippen molar-refractivity contribution in [3.63, 3.8) is 0 Å². The Hall–Kier alpha value is -2.81. The smallest absolute Gasteiger partial charge is 0.248 e. The highest BCUT2D eigenvalue weighted by atomic mass is 16.5. The second-order valence-electron chi connectivity index (χ2n) is 5.93. The van der Waals surface area contributed by atoms with Crippen molar-refractivity contribution in [2.24, 2.45) is 5.73 Å². The molecule has 0 saturated carbocycles. The molecule has 0 bridgehead atoms. The van der Waals surface area contributed by atoms with Crippen molar-refractivity contribution >= 4 is 17.6 Å². The summed E-state index contributed by atoms with van der Waals surface area (Å²) in [6.45, 7) is 6.75. The summed E-state index contributed by atoms with van der Waals surface area (Å²) in [5, 5.41) is 0.